The first-order valence-electron chi connectivity index (χ1n) is 16.5. The molecule has 6 nitrogen and oxygen atoms in total. The maximum absolute atomic E-state index is 10.7. The van der Waals surface area contributed by atoms with E-state index in [2.05, 4.69) is 57.3 Å². The minimum atomic E-state index is -0.331. The molecule has 2 N–H and O–H groups in total. The minimum Gasteiger partial charge on any atom is -0.506 e. The van der Waals surface area contributed by atoms with Crippen molar-refractivity contribution in [2.24, 2.45) is 11.3 Å². The van der Waals surface area contributed by atoms with Crippen LogP contribution in [0.2, 0.25) is 0 Å². The Bertz CT molecular complexity index is 1640. The topological polar surface area (TPSA) is 64.6 Å². The van der Waals surface area contributed by atoms with Gasteiger partial charge >= 0.3 is 0 Å². The molecule has 5 unspecified atom stereocenters. The summed E-state index contributed by atoms with van der Waals surface area (Å²) in [6.07, 6.45) is 26.2. The Kier molecular flexibility index (Phi) is 5.80. The van der Waals surface area contributed by atoms with Crippen LogP contribution in [0.1, 0.15) is 69.9 Å². The number of phenolic OH excluding ortho intramolecular Hbond substituents is 1. The van der Waals surface area contributed by atoms with Crippen LogP contribution in [-0.4, -0.2) is 68.4 Å². The van der Waals surface area contributed by atoms with Gasteiger partial charge in [0.1, 0.15) is 17.6 Å². The number of para-hydroxylation sites is 1. The van der Waals surface area contributed by atoms with Crippen molar-refractivity contribution in [3.63, 3.8) is 0 Å². The third-order valence-corrected chi connectivity index (χ3v) is 11.6. The highest BCUT2D eigenvalue weighted by Crippen LogP contribution is 2.65. The number of aromatic nitrogens is 2. The predicted octanol–water partition coefficient (Wildman–Crippen LogP) is 6.93. The van der Waals surface area contributed by atoms with Crippen LogP contribution in [-0.2, 0) is 4.74 Å². The Morgan fingerprint density at radius 3 is 2.83 bits per heavy atom. The second kappa shape index (κ2) is 9.54. The van der Waals surface area contributed by atoms with Crippen LogP contribution in [0.5, 0.6) is 5.75 Å². The molecule has 0 radical (unpaired) electrons. The summed E-state index contributed by atoms with van der Waals surface area (Å²) < 4.78 is 7.43. The van der Waals surface area contributed by atoms with E-state index in [-0.39, 0.29) is 17.2 Å². The van der Waals surface area contributed by atoms with Crippen molar-refractivity contribution in [2.45, 2.75) is 88.1 Å². The number of piperidine rings is 1. The van der Waals surface area contributed by atoms with Crippen LogP contribution in [0.15, 0.2) is 60.8 Å². The summed E-state index contributed by atoms with van der Waals surface area (Å²) in [6.45, 7) is 3.49. The van der Waals surface area contributed by atoms with Crippen molar-refractivity contribution >= 4 is 27.4 Å². The Morgan fingerprint density at radius 1 is 0.952 bits per heavy atom. The van der Waals surface area contributed by atoms with E-state index in [0.29, 0.717) is 23.8 Å². The van der Waals surface area contributed by atoms with Gasteiger partial charge in [-0.3, -0.25) is 9.88 Å². The summed E-state index contributed by atoms with van der Waals surface area (Å²) >= 11 is 0. The van der Waals surface area contributed by atoms with Gasteiger partial charge < -0.3 is 19.7 Å². The van der Waals surface area contributed by atoms with E-state index in [1.807, 2.05) is 12.3 Å². The molecule has 5 aliphatic heterocycles. The van der Waals surface area contributed by atoms with Crippen molar-refractivity contribution < 1.29 is 9.84 Å². The van der Waals surface area contributed by atoms with E-state index in [9.17, 15) is 5.11 Å². The van der Waals surface area contributed by atoms with Crippen LogP contribution >= 0.6 is 0 Å². The molecule has 2 aromatic heterocycles. The average Bonchev–Trinajstić information content (AvgIpc) is 3.63. The first-order valence-corrected chi connectivity index (χ1v) is 16.5. The number of allylic oxidation sites excluding steroid dienone is 4. The maximum atomic E-state index is 10.7. The summed E-state index contributed by atoms with van der Waals surface area (Å²) in [6, 6.07) is 8.74. The number of hydrogen-bond donors (Lipinski definition) is 2. The van der Waals surface area contributed by atoms with Crippen LogP contribution in [0.25, 0.3) is 27.4 Å². The lowest BCUT2D eigenvalue weighted by Gasteiger charge is -2.56. The second-order valence-electron chi connectivity index (χ2n) is 13.9. The summed E-state index contributed by atoms with van der Waals surface area (Å²) in [5, 5.41) is 12.9. The van der Waals surface area contributed by atoms with E-state index < -0.39 is 0 Å². The smallest absolute Gasteiger partial charge is 0.139 e. The molecule has 218 valence electrons. The highest BCUT2D eigenvalue weighted by atomic mass is 16.5. The zero-order valence-corrected chi connectivity index (χ0v) is 24.5. The maximum Gasteiger partial charge on any atom is 0.139 e. The number of aromatic amines is 1. The minimum absolute atomic E-state index is 0.117. The number of aromatic hydroxyl groups is 1. The molecule has 6 aliphatic rings. The summed E-state index contributed by atoms with van der Waals surface area (Å²) in [7, 11) is 0. The summed E-state index contributed by atoms with van der Waals surface area (Å²) in [4.78, 5) is 14.4. The van der Waals surface area contributed by atoms with Gasteiger partial charge in [0.25, 0.3) is 0 Å². The Morgan fingerprint density at radius 2 is 1.86 bits per heavy atom. The van der Waals surface area contributed by atoms with Crippen molar-refractivity contribution in [2.75, 3.05) is 19.6 Å². The third kappa shape index (κ3) is 3.58. The van der Waals surface area contributed by atoms with E-state index >= 15 is 0 Å². The number of nitrogens with one attached hydrogen (secondary N) is 1. The number of H-pyrrole nitrogens is 1. The number of pyridine rings is 1. The monoisotopic (exact) mass is 562 g/mol. The van der Waals surface area contributed by atoms with Gasteiger partial charge in [-0.15, -0.1) is 0 Å². The zero-order valence-electron chi connectivity index (χ0n) is 24.5. The molecule has 7 heterocycles. The van der Waals surface area contributed by atoms with Gasteiger partial charge in [0, 0.05) is 35.0 Å². The molecule has 1 aliphatic carbocycles. The van der Waals surface area contributed by atoms with E-state index in [0.717, 1.165) is 72.7 Å². The average molecular weight is 563 g/mol. The molecule has 0 saturated carbocycles. The quantitative estimate of drug-likeness (QED) is 0.315. The fraction of sp³-hybridized carbons (Fsp3) is 0.528. The van der Waals surface area contributed by atoms with Gasteiger partial charge in [-0.05, 0) is 107 Å². The molecule has 3 fully saturated rings. The van der Waals surface area contributed by atoms with Crippen LogP contribution in [0, 0.1) is 11.3 Å². The van der Waals surface area contributed by atoms with Gasteiger partial charge in [-0.25, -0.2) is 0 Å². The van der Waals surface area contributed by atoms with E-state index in [1.165, 1.54) is 44.2 Å². The molecule has 1 spiro atoms. The number of rotatable bonds is 1. The Balaban J connectivity index is 1.29. The van der Waals surface area contributed by atoms with Crippen molar-refractivity contribution in [1.82, 2.24) is 19.8 Å². The Labute approximate surface area is 248 Å². The number of benzene rings is 1. The largest absolute Gasteiger partial charge is 0.506 e. The molecule has 6 heteroatoms. The molecular weight excluding hydrogens is 520 g/mol. The lowest BCUT2D eigenvalue weighted by atomic mass is 9.55. The number of ether oxygens (including phenoxy) is 1. The van der Waals surface area contributed by atoms with Gasteiger partial charge in [0.2, 0.25) is 0 Å². The molecule has 3 aromatic rings. The second-order valence-corrected chi connectivity index (χ2v) is 13.9. The first-order chi connectivity index (χ1) is 20.7. The number of phenols is 1. The standard InChI is InChI=1S/C36H42N4O2/c41-29-13-10-12-25-26-15-18-37-32(33(26)38-31(25)29)27-22-36-17-8-3-1-2-4-9-19-39-20-16-28(27)35(23-39)21-24-11-6-5-7-14-30(42-36)40(24)34(35)36/h1,3,6,10-13,15,18,22,24,28,30,34,38,41H,2,4-5,7-9,14,16-17,19-21,23H2/b3-1-,11-6-/t24-,28?,30?,34+,35?,36?/m0/s1. The molecule has 1 aromatic carbocycles. The highest BCUT2D eigenvalue weighted by molar-refractivity contribution is 6.11. The predicted molar refractivity (Wildman–Crippen MR) is 167 cm³/mol. The first kappa shape index (κ1) is 25.6. The van der Waals surface area contributed by atoms with Gasteiger partial charge in [-0.1, -0.05) is 36.4 Å². The normalized spacial score (nSPS) is 39.5. The van der Waals surface area contributed by atoms with Crippen LogP contribution in [0.3, 0.4) is 0 Å². The molecule has 9 rings (SSSR count). The molecule has 3 saturated heterocycles. The van der Waals surface area contributed by atoms with Crippen molar-refractivity contribution in [3.8, 4) is 5.75 Å². The van der Waals surface area contributed by atoms with Gasteiger partial charge in [-0.2, -0.15) is 0 Å². The summed E-state index contributed by atoms with van der Waals surface area (Å²) in [5.74, 6) is 0.720. The lowest BCUT2D eigenvalue weighted by molar-refractivity contribution is -0.0733. The molecular formula is C36H42N4O2. The van der Waals surface area contributed by atoms with E-state index in [4.69, 9.17) is 9.72 Å². The SMILES string of the molecule is Oc1cccc2c1[nH]c1c(C3=CC45CC/C=C\CCCCN6CCC3C3(C[C@@H]7/C=C\CCCC(O4)N7[C@@H]53)C6)nccc12. The van der Waals surface area contributed by atoms with E-state index in [1.54, 1.807) is 6.07 Å². The molecule has 7 atom stereocenters. The number of fused-ring (bicyclic) bond motifs is 4. The van der Waals surface area contributed by atoms with Crippen molar-refractivity contribution in [3.05, 3.63) is 66.5 Å². The van der Waals surface area contributed by atoms with Gasteiger partial charge in [0.05, 0.1) is 22.8 Å². The zero-order chi connectivity index (χ0) is 27.9. The number of hydrogen-bond acceptors (Lipinski definition) is 5. The van der Waals surface area contributed by atoms with Crippen molar-refractivity contribution in [1.29, 1.82) is 0 Å². The van der Waals surface area contributed by atoms with Gasteiger partial charge in [0.15, 0.2) is 0 Å². The molecule has 0 amide bonds. The molecule has 42 heavy (non-hydrogen) atoms. The third-order valence-electron chi connectivity index (χ3n) is 11.6. The van der Waals surface area contributed by atoms with Crippen LogP contribution in [0.4, 0.5) is 0 Å². The Hall–Kier alpha value is -2.93. The van der Waals surface area contributed by atoms with Crippen LogP contribution < -0.4 is 0 Å². The summed E-state index contributed by atoms with van der Waals surface area (Å²) in [5.41, 5.74) is 4.07. The fourth-order valence-electron chi connectivity index (χ4n) is 10.1. The lowest BCUT2D eigenvalue weighted by Crippen LogP contribution is -2.62. The highest BCUT2D eigenvalue weighted by Gasteiger charge is 2.71. The fourth-order valence-corrected chi connectivity index (χ4v) is 10.1. The number of nitrogens with zero attached hydrogens (tertiary/aromatic N) is 3. The molecule has 3 bridgehead atoms.